The highest BCUT2D eigenvalue weighted by Gasteiger charge is 2.24. The summed E-state index contributed by atoms with van der Waals surface area (Å²) in [6.45, 7) is 2.17. The molecule has 0 aliphatic rings. The first-order valence-electron chi connectivity index (χ1n) is 47.0. The summed E-state index contributed by atoms with van der Waals surface area (Å²) < 4.78 is 11.8. The fourth-order valence-electron chi connectivity index (χ4n) is 20.9. The number of aromatic nitrogens is 8. The molecule has 0 radical (unpaired) electrons. The lowest BCUT2D eigenvalue weighted by Crippen LogP contribution is -2.01. The zero-order valence-corrected chi connectivity index (χ0v) is 75.2. The van der Waals surface area contributed by atoms with Gasteiger partial charge in [0.05, 0.1) is 66.6 Å². The lowest BCUT2D eigenvalue weighted by molar-refractivity contribution is 0.908. The predicted molar refractivity (Wildman–Crippen MR) is 575 cm³/mol. The van der Waals surface area contributed by atoms with Gasteiger partial charge >= 0.3 is 0 Å². The van der Waals surface area contributed by atoms with Crippen LogP contribution in [0.1, 0.15) is 12.7 Å². The summed E-state index contributed by atoms with van der Waals surface area (Å²) in [7, 11) is 0. The van der Waals surface area contributed by atoms with E-state index in [9.17, 15) is 0 Å². The van der Waals surface area contributed by atoms with Gasteiger partial charge in [0.2, 0.25) is 0 Å². The number of fused-ring (bicyclic) bond motifs is 15. The van der Waals surface area contributed by atoms with Gasteiger partial charge in [0, 0.05) is 94.6 Å². The monoisotopic (exact) mass is 1750 g/mol. The molecule has 8 heteroatoms. The fraction of sp³-hybridized carbons (Fsp3) is 0.0155. The highest BCUT2D eigenvalue weighted by atomic mass is 15.1. The summed E-state index contributed by atoms with van der Waals surface area (Å²) in [6.07, 6.45) is 0.875. The van der Waals surface area contributed by atoms with Crippen molar-refractivity contribution in [3.05, 3.63) is 509 Å². The number of aryl methyl sites for hydroxylation is 1. The maximum Gasteiger partial charge on any atom is 0.160 e. The Kier molecular flexibility index (Phi) is 20.4. The Bertz CT molecular complexity index is 8710. The van der Waals surface area contributed by atoms with Crippen LogP contribution in [0, 0.1) is 0 Å². The third-order valence-corrected chi connectivity index (χ3v) is 27.2. The number of rotatable bonds is 14. The zero-order chi connectivity index (χ0) is 90.8. The molecule has 0 aliphatic heterocycles. The Morgan fingerprint density at radius 2 is 0.394 bits per heavy atom. The standard InChI is InChI=1S/C52H34N4.C41H30N2.C36H24N2/c1-3-15-35(16-4-1)36-27-29-37(30-28-36)46-34-47(54-52(53-46)38-17-5-2-6-18-38)39-31-40(55-48-23-11-7-19-42(48)43-20-8-12-24-49(43)55)33-41(32-39)56-50-25-13-9-21-44(50)45-22-10-14-26-51(45)56;1-2-39-42-37-18-10-11-19-38(37)43(39)32-26-24-31(25-27-32)41-35-16-8-6-14-33(35)40(34-15-7-9-17-36(34)41)30-22-20-29(21-23-30)28-12-4-3-5-13-28;1-5-13-33-29(9-1)30-10-2-6-14-34(30)37(33)27-21-17-25(18-22-27)26-19-23-28(24-20-26)38-35-15-7-3-11-31(35)32-12-4-8-16-36(32)38/h1-34H;3-27H,2H2,1H3;1-24H. The van der Waals surface area contributed by atoms with Crippen molar-refractivity contribution in [3.8, 4) is 118 Å². The lowest BCUT2D eigenvalue weighted by atomic mass is 9.85. The minimum absolute atomic E-state index is 0.686. The summed E-state index contributed by atoms with van der Waals surface area (Å²) in [5, 5.41) is 15.1. The fourth-order valence-corrected chi connectivity index (χ4v) is 20.9. The number of para-hydroxylation sites is 10. The van der Waals surface area contributed by atoms with Crippen LogP contribution >= 0.6 is 0 Å². The first-order valence-corrected chi connectivity index (χ1v) is 47.0. The van der Waals surface area contributed by atoms with E-state index >= 15 is 0 Å². The molecule has 0 amide bonds. The van der Waals surface area contributed by atoms with Crippen molar-refractivity contribution in [2.45, 2.75) is 13.3 Å². The molecule has 21 aromatic carbocycles. The van der Waals surface area contributed by atoms with Crippen molar-refractivity contribution in [3.63, 3.8) is 0 Å². The van der Waals surface area contributed by atoms with Gasteiger partial charge in [-0.1, -0.05) is 389 Å². The number of nitrogens with zero attached hydrogens (tertiary/aromatic N) is 8. The Hall–Kier alpha value is -18.1. The Labute approximate surface area is 792 Å². The summed E-state index contributed by atoms with van der Waals surface area (Å²) in [5.74, 6) is 1.76. The Morgan fingerprint density at radius 1 is 0.161 bits per heavy atom. The Balaban J connectivity index is 0.000000112. The predicted octanol–water partition coefficient (Wildman–Crippen LogP) is 33.8. The average Bonchev–Trinajstić information content (AvgIpc) is 1.57. The SMILES string of the molecule is CCc1nc2ccccc2n1-c1ccc(-c2c3ccccc3c(-c3ccc(-c4ccccc4)cc3)c3ccccc23)cc1.c1ccc(-c2ccc(-c3cc(-c4cc(-n5c6ccccc6c6ccccc65)cc(-n5c6ccccc6c6ccccc65)c4)nc(-c4ccccc4)n3)cc2)cc1.c1ccc2c(c1)c1ccccc1n2-c1ccc(-c2ccc(-n3c4ccccc4c4ccccc43)cc2)cc1. The van der Waals surface area contributed by atoms with Crippen LogP contribution < -0.4 is 0 Å². The van der Waals surface area contributed by atoms with Crippen molar-refractivity contribution in [2.24, 2.45) is 0 Å². The normalized spacial score (nSPS) is 11.6. The minimum atomic E-state index is 0.686. The molecular weight excluding hydrogens is 1660 g/mol. The van der Waals surface area contributed by atoms with Crippen molar-refractivity contribution in [1.29, 1.82) is 0 Å². The van der Waals surface area contributed by atoms with E-state index in [1.165, 1.54) is 154 Å². The summed E-state index contributed by atoms with van der Waals surface area (Å²) in [4.78, 5) is 15.4. The molecule has 137 heavy (non-hydrogen) atoms. The molecule has 644 valence electrons. The first-order chi connectivity index (χ1) is 67.9. The molecule has 0 N–H and O–H groups in total. The molecule has 8 nitrogen and oxygen atoms in total. The molecule has 27 rings (SSSR count). The molecule has 0 fully saturated rings. The van der Waals surface area contributed by atoms with Crippen LogP contribution in [0.4, 0.5) is 0 Å². The summed E-state index contributed by atoms with van der Waals surface area (Å²) in [5.41, 5.74) is 34.3. The van der Waals surface area contributed by atoms with Gasteiger partial charge < -0.3 is 18.3 Å². The van der Waals surface area contributed by atoms with Crippen molar-refractivity contribution < 1.29 is 0 Å². The topological polar surface area (TPSA) is 63.3 Å². The highest BCUT2D eigenvalue weighted by molar-refractivity contribution is 6.22. The largest absolute Gasteiger partial charge is 0.309 e. The zero-order valence-electron chi connectivity index (χ0n) is 75.2. The second kappa shape index (κ2) is 34.6. The molecule has 6 aromatic heterocycles. The highest BCUT2D eigenvalue weighted by Crippen LogP contribution is 2.47. The lowest BCUT2D eigenvalue weighted by Gasteiger charge is -2.18. The maximum atomic E-state index is 5.33. The van der Waals surface area contributed by atoms with E-state index < -0.39 is 0 Å². The van der Waals surface area contributed by atoms with Gasteiger partial charge in [-0.3, -0.25) is 4.57 Å². The van der Waals surface area contributed by atoms with Crippen LogP contribution in [0.25, 0.3) is 238 Å². The van der Waals surface area contributed by atoms with Crippen LogP contribution in [-0.4, -0.2) is 37.8 Å². The van der Waals surface area contributed by atoms with Crippen LogP contribution in [0.3, 0.4) is 0 Å². The van der Waals surface area contributed by atoms with E-state index in [4.69, 9.17) is 15.0 Å². The molecule has 0 atom stereocenters. The van der Waals surface area contributed by atoms with E-state index in [-0.39, 0.29) is 0 Å². The molecule has 0 aliphatic carbocycles. The molecule has 0 bridgehead atoms. The first kappa shape index (κ1) is 80.9. The van der Waals surface area contributed by atoms with Gasteiger partial charge in [-0.15, -0.1) is 0 Å². The molecule has 0 saturated carbocycles. The van der Waals surface area contributed by atoms with Crippen LogP contribution in [0.15, 0.2) is 504 Å². The molecular formula is C129H88N8. The summed E-state index contributed by atoms with van der Waals surface area (Å²) in [6, 6.07) is 180. The molecule has 0 spiro atoms. The summed E-state index contributed by atoms with van der Waals surface area (Å²) >= 11 is 0. The van der Waals surface area contributed by atoms with E-state index in [0.717, 1.165) is 90.5 Å². The Morgan fingerprint density at radius 3 is 0.723 bits per heavy atom. The number of imidazole rings is 1. The van der Waals surface area contributed by atoms with E-state index in [0.29, 0.717) is 5.82 Å². The number of hydrogen-bond donors (Lipinski definition) is 0. The van der Waals surface area contributed by atoms with Crippen LogP contribution in [-0.2, 0) is 6.42 Å². The molecule has 6 heterocycles. The van der Waals surface area contributed by atoms with Crippen molar-refractivity contribution >= 4 is 120 Å². The van der Waals surface area contributed by atoms with Gasteiger partial charge in [-0.2, -0.15) is 0 Å². The molecule has 27 aromatic rings. The van der Waals surface area contributed by atoms with E-state index in [1.807, 2.05) is 24.3 Å². The van der Waals surface area contributed by atoms with E-state index in [1.54, 1.807) is 0 Å². The van der Waals surface area contributed by atoms with Crippen molar-refractivity contribution in [1.82, 2.24) is 37.8 Å². The number of benzene rings is 21. The third kappa shape index (κ3) is 14.5. The quantitative estimate of drug-likeness (QED) is 0.102. The van der Waals surface area contributed by atoms with Gasteiger partial charge in [0.25, 0.3) is 0 Å². The van der Waals surface area contributed by atoms with Gasteiger partial charge in [0.1, 0.15) is 5.82 Å². The third-order valence-electron chi connectivity index (χ3n) is 27.2. The second-order valence-electron chi connectivity index (χ2n) is 35.1. The van der Waals surface area contributed by atoms with Crippen molar-refractivity contribution in [2.75, 3.05) is 0 Å². The molecule has 0 unspecified atom stereocenters. The van der Waals surface area contributed by atoms with Crippen LogP contribution in [0.2, 0.25) is 0 Å². The average molecular weight is 1750 g/mol. The smallest absolute Gasteiger partial charge is 0.160 e. The van der Waals surface area contributed by atoms with Gasteiger partial charge in [0.15, 0.2) is 5.82 Å². The van der Waals surface area contributed by atoms with Gasteiger partial charge in [-0.05, 0) is 199 Å². The van der Waals surface area contributed by atoms with E-state index in [2.05, 4.69) is 509 Å². The van der Waals surface area contributed by atoms with Gasteiger partial charge in [-0.25, -0.2) is 15.0 Å². The minimum Gasteiger partial charge on any atom is -0.309 e. The molecule has 0 saturated heterocycles. The number of hydrogen-bond acceptors (Lipinski definition) is 3. The van der Waals surface area contributed by atoms with Crippen LogP contribution in [0.5, 0.6) is 0 Å². The second-order valence-corrected chi connectivity index (χ2v) is 35.1. The maximum absolute atomic E-state index is 5.33.